The van der Waals surface area contributed by atoms with E-state index in [0.717, 1.165) is 24.0 Å². The second-order valence-electron chi connectivity index (χ2n) is 6.70. The summed E-state index contributed by atoms with van der Waals surface area (Å²) in [5.41, 5.74) is 0.974. The Morgan fingerprint density at radius 2 is 2.04 bits per heavy atom. The summed E-state index contributed by atoms with van der Waals surface area (Å²) in [7, 11) is 1.58. The Hall–Kier alpha value is -3.37. The van der Waals surface area contributed by atoms with Gasteiger partial charge in [-0.15, -0.1) is 0 Å². The minimum absolute atomic E-state index is 0.0848. The Balaban J connectivity index is 1.68. The summed E-state index contributed by atoms with van der Waals surface area (Å²) in [4.78, 5) is 24.4. The largest absolute Gasteiger partial charge is 0.497 e. The molecule has 2 aromatic carbocycles. The van der Waals surface area contributed by atoms with E-state index in [0.29, 0.717) is 12.2 Å². The highest BCUT2D eigenvalue weighted by Gasteiger charge is 2.35. The Kier molecular flexibility index (Phi) is 5.62. The molecule has 28 heavy (non-hydrogen) atoms. The van der Waals surface area contributed by atoms with Crippen molar-refractivity contribution in [2.75, 3.05) is 19.0 Å². The van der Waals surface area contributed by atoms with Gasteiger partial charge in [0, 0.05) is 0 Å². The van der Waals surface area contributed by atoms with Crippen molar-refractivity contribution in [3.63, 3.8) is 0 Å². The van der Waals surface area contributed by atoms with Crippen molar-refractivity contribution in [3.05, 3.63) is 59.2 Å². The third-order valence-electron chi connectivity index (χ3n) is 4.89. The second kappa shape index (κ2) is 8.11. The zero-order valence-electron chi connectivity index (χ0n) is 15.5. The van der Waals surface area contributed by atoms with Crippen LogP contribution in [0.15, 0.2) is 42.5 Å². The van der Waals surface area contributed by atoms with E-state index in [9.17, 15) is 14.7 Å². The maximum absolute atomic E-state index is 12.2. The van der Waals surface area contributed by atoms with E-state index >= 15 is 0 Å². The summed E-state index contributed by atoms with van der Waals surface area (Å²) >= 11 is 0. The molecule has 1 aliphatic carbocycles. The van der Waals surface area contributed by atoms with Gasteiger partial charge >= 0.3 is 11.8 Å². The monoisotopic (exact) mass is 379 g/mol. The smallest absolute Gasteiger partial charge is 0.313 e. The quantitative estimate of drug-likeness (QED) is 0.702. The lowest BCUT2D eigenvalue weighted by atomic mass is 9.79. The summed E-state index contributed by atoms with van der Waals surface area (Å²) in [5.74, 6) is -1.05. The molecule has 7 nitrogen and oxygen atoms in total. The number of para-hydroxylation sites is 1. The van der Waals surface area contributed by atoms with E-state index in [4.69, 9.17) is 10.00 Å². The number of anilines is 1. The molecule has 7 heteroatoms. The van der Waals surface area contributed by atoms with Crippen molar-refractivity contribution in [2.45, 2.75) is 24.9 Å². The van der Waals surface area contributed by atoms with Crippen molar-refractivity contribution in [1.82, 2.24) is 5.32 Å². The predicted octanol–water partition coefficient (Wildman–Crippen LogP) is 1.85. The van der Waals surface area contributed by atoms with Gasteiger partial charge < -0.3 is 20.5 Å². The van der Waals surface area contributed by atoms with Crippen LogP contribution in [0.1, 0.15) is 29.5 Å². The number of nitriles is 1. The Morgan fingerprint density at radius 3 is 2.79 bits per heavy atom. The average Bonchev–Trinajstić information content (AvgIpc) is 2.72. The number of nitrogens with zero attached hydrogens (tertiary/aromatic N) is 1. The highest BCUT2D eigenvalue weighted by Crippen LogP contribution is 2.36. The molecule has 0 heterocycles. The number of nitrogens with one attached hydrogen (secondary N) is 2. The van der Waals surface area contributed by atoms with Crippen molar-refractivity contribution in [1.29, 1.82) is 5.26 Å². The molecule has 0 aromatic heterocycles. The Labute approximate surface area is 162 Å². The minimum atomic E-state index is -1.25. The lowest BCUT2D eigenvalue weighted by Crippen LogP contribution is -2.46. The van der Waals surface area contributed by atoms with E-state index in [2.05, 4.69) is 10.6 Å². The van der Waals surface area contributed by atoms with Gasteiger partial charge in [-0.1, -0.05) is 18.2 Å². The molecule has 0 aliphatic heterocycles. The zero-order chi connectivity index (χ0) is 20.1. The van der Waals surface area contributed by atoms with E-state index in [1.54, 1.807) is 43.5 Å². The number of aliphatic hydroxyl groups is 1. The first kappa shape index (κ1) is 19.4. The van der Waals surface area contributed by atoms with E-state index in [1.807, 2.05) is 12.1 Å². The first-order valence-corrected chi connectivity index (χ1v) is 8.95. The maximum atomic E-state index is 12.2. The van der Waals surface area contributed by atoms with Crippen molar-refractivity contribution >= 4 is 17.5 Å². The third kappa shape index (κ3) is 3.97. The molecule has 3 N–H and O–H groups in total. The number of aryl methyl sites for hydroxylation is 1. The average molecular weight is 379 g/mol. The topological polar surface area (TPSA) is 111 Å². The van der Waals surface area contributed by atoms with Crippen molar-refractivity contribution in [2.24, 2.45) is 0 Å². The fraction of sp³-hybridized carbons (Fsp3) is 0.286. The fourth-order valence-electron chi connectivity index (χ4n) is 3.42. The number of carbonyl (C=O) groups excluding carboxylic acids is 2. The number of carbonyl (C=O) groups is 2. The predicted molar refractivity (Wildman–Crippen MR) is 103 cm³/mol. The number of amides is 2. The van der Waals surface area contributed by atoms with Crippen LogP contribution in [-0.4, -0.2) is 30.6 Å². The minimum Gasteiger partial charge on any atom is -0.497 e. The van der Waals surface area contributed by atoms with Gasteiger partial charge in [0.15, 0.2) is 0 Å². The van der Waals surface area contributed by atoms with Crippen LogP contribution in [0.3, 0.4) is 0 Å². The maximum Gasteiger partial charge on any atom is 0.313 e. The molecule has 0 fully saturated rings. The lowest BCUT2D eigenvalue weighted by molar-refractivity contribution is -0.137. The van der Waals surface area contributed by atoms with Crippen LogP contribution in [0, 0.1) is 11.3 Å². The highest BCUT2D eigenvalue weighted by molar-refractivity contribution is 6.39. The van der Waals surface area contributed by atoms with Gasteiger partial charge in [0.25, 0.3) is 0 Å². The Morgan fingerprint density at radius 1 is 1.25 bits per heavy atom. The van der Waals surface area contributed by atoms with Crippen LogP contribution in [0.2, 0.25) is 0 Å². The molecular formula is C21H21N3O4. The first-order valence-electron chi connectivity index (χ1n) is 8.95. The summed E-state index contributed by atoms with van der Waals surface area (Å²) in [5, 5.41) is 25.1. The molecule has 2 amide bonds. The molecule has 3 rings (SSSR count). The number of hydrogen-bond donors (Lipinski definition) is 3. The number of methoxy groups -OCH3 is 1. The van der Waals surface area contributed by atoms with E-state index in [1.165, 1.54) is 0 Å². The summed E-state index contributed by atoms with van der Waals surface area (Å²) in [6.07, 6.45) is 2.05. The zero-order valence-corrected chi connectivity index (χ0v) is 15.5. The number of fused-ring (bicyclic) bond motifs is 1. The van der Waals surface area contributed by atoms with Crippen LogP contribution < -0.4 is 15.4 Å². The third-order valence-corrected chi connectivity index (χ3v) is 4.89. The number of ether oxygens (including phenoxy) is 1. The van der Waals surface area contributed by atoms with Gasteiger partial charge in [0.05, 0.1) is 24.9 Å². The lowest BCUT2D eigenvalue weighted by Gasteiger charge is -2.34. The molecule has 0 radical (unpaired) electrons. The fourth-order valence-corrected chi connectivity index (χ4v) is 3.42. The molecule has 0 bridgehead atoms. The molecule has 0 unspecified atom stereocenters. The van der Waals surface area contributed by atoms with Gasteiger partial charge in [-0.25, -0.2) is 0 Å². The molecule has 0 saturated carbocycles. The molecule has 144 valence electrons. The summed E-state index contributed by atoms with van der Waals surface area (Å²) < 4.78 is 5.23. The van der Waals surface area contributed by atoms with Crippen LogP contribution in [0.25, 0.3) is 0 Å². The van der Waals surface area contributed by atoms with Gasteiger partial charge in [0.1, 0.15) is 17.4 Å². The summed E-state index contributed by atoms with van der Waals surface area (Å²) in [6, 6.07) is 13.8. The summed E-state index contributed by atoms with van der Waals surface area (Å²) in [6.45, 7) is -0.0848. The number of benzene rings is 2. The van der Waals surface area contributed by atoms with E-state index < -0.39 is 17.4 Å². The van der Waals surface area contributed by atoms with E-state index in [-0.39, 0.29) is 17.8 Å². The normalized spacial score (nSPS) is 17.8. The van der Waals surface area contributed by atoms with Crippen molar-refractivity contribution in [3.8, 4) is 11.8 Å². The SMILES string of the molecule is COc1ccc2c(c1)CCC[C@@]2(O)CNC(=O)C(=O)Nc1ccccc1C#N. The number of rotatable bonds is 4. The van der Waals surface area contributed by atoms with Crippen LogP contribution >= 0.6 is 0 Å². The van der Waals surface area contributed by atoms with Crippen LogP contribution in [0.5, 0.6) is 5.75 Å². The second-order valence-corrected chi connectivity index (χ2v) is 6.70. The van der Waals surface area contributed by atoms with Crippen LogP contribution in [-0.2, 0) is 21.6 Å². The standard InChI is InChI=1S/C21H21N3O4/c1-28-16-8-9-17-14(11-16)6-4-10-21(17,27)13-23-19(25)20(26)24-18-7-3-2-5-15(18)12-22/h2-3,5,7-9,11,27H,4,6,10,13H2,1H3,(H,23,25)(H,24,26)/t21-/m1/s1. The highest BCUT2D eigenvalue weighted by atomic mass is 16.5. The van der Waals surface area contributed by atoms with Gasteiger partial charge in [-0.3, -0.25) is 9.59 Å². The van der Waals surface area contributed by atoms with Crippen LogP contribution in [0.4, 0.5) is 5.69 Å². The number of hydrogen-bond acceptors (Lipinski definition) is 5. The Bertz CT molecular complexity index is 951. The van der Waals surface area contributed by atoms with Gasteiger partial charge in [0.2, 0.25) is 0 Å². The molecular weight excluding hydrogens is 358 g/mol. The van der Waals surface area contributed by atoms with Crippen molar-refractivity contribution < 1.29 is 19.4 Å². The van der Waals surface area contributed by atoms with Gasteiger partial charge in [-0.05, 0) is 54.7 Å². The van der Waals surface area contributed by atoms with Gasteiger partial charge in [-0.2, -0.15) is 5.26 Å². The molecule has 0 saturated heterocycles. The molecule has 1 aliphatic rings. The molecule has 2 aromatic rings. The first-order chi connectivity index (χ1) is 13.5. The molecule has 1 atom stereocenters. The molecule has 0 spiro atoms.